The van der Waals surface area contributed by atoms with Gasteiger partial charge in [0.1, 0.15) is 5.75 Å². The molecule has 2 amide bonds. The van der Waals surface area contributed by atoms with E-state index in [2.05, 4.69) is 10.2 Å². The smallest absolute Gasteiger partial charge is 0.234 e. The molecule has 1 aliphatic carbocycles. The minimum Gasteiger partial charge on any atom is -0.493 e. The molecule has 9 heteroatoms. The largest absolute Gasteiger partial charge is 0.493 e. The first-order chi connectivity index (χ1) is 19.5. The zero-order valence-electron chi connectivity index (χ0n) is 23.6. The zero-order chi connectivity index (χ0) is 27.9. The summed E-state index contributed by atoms with van der Waals surface area (Å²) in [6.45, 7) is 3.60. The molecule has 1 saturated carbocycles. The van der Waals surface area contributed by atoms with E-state index in [1.807, 2.05) is 47.4 Å². The first-order valence-electron chi connectivity index (χ1n) is 14.4. The van der Waals surface area contributed by atoms with Crippen LogP contribution in [-0.2, 0) is 32.2 Å². The van der Waals surface area contributed by atoms with Crippen LogP contribution in [0, 0.1) is 5.92 Å². The fraction of sp³-hybridized carbons (Fsp3) is 0.548. The predicted octanol–water partition coefficient (Wildman–Crippen LogP) is 3.74. The Hall–Kier alpha value is -3.14. The Morgan fingerprint density at radius 3 is 2.73 bits per heavy atom. The number of rotatable bonds is 6. The summed E-state index contributed by atoms with van der Waals surface area (Å²) in [6.07, 6.45) is 4.34. The van der Waals surface area contributed by atoms with Crippen LogP contribution in [0.25, 0.3) is 0 Å². The molecule has 0 unspecified atom stereocenters. The molecule has 40 heavy (non-hydrogen) atoms. The van der Waals surface area contributed by atoms with Crippen LogP contribution in [0.5, 0.6) is 17.2 Å². The molecule has 2 atom stereocenters. The summed E-state index contributed by atoms with van der Waals surface area (Å²) < 4.78 is 23.5. The lowest BCUT2D eigenvalue weighted by molar-refractivity contribution is -0.143. The number of benzene rings is 2. The Labute approximate surface area is 236 Å². The van der Waals surface area contributed by atoms with Crippen LogP contribution in [0.15, 0.2) is 42.5 Å². The third kappa shape index (κ3) is 7.13. The van der Waals surface area contributed by atoms with Crippen LogP contribution in [0.1, 0.15) is 43.2 Å². The van der Waals surface area contributed by atoms with Crippen molar-refractivity contribution in [2.75, 3.05) is 47.0 Å². The maximum Gasteiger partial charge on any atom is 0.234 e. The summed E-state index contributed by atoms with van der Waals surface area (Å²) in [4.78, 5) is 30.5. The van der Waals surface area contributed by atoms with Crippen molar-refractivity contribution in [2.24, 2.45) is 5.92 Å². The van der Waals surface area contributed by atoms with Gasteiger partial charge in [0.2, 0.25) is 11.8 Å². The Morgan fingerprint density at radius 1 is 1.07 bits per heavy atom. The highest BCUT2D eigenvalue weighted by Crippen LogP contribution is 2.34. The molecule has 1 N–H and O–H groups in total. The molecule has 9 nitrogen and oxygen atoms in total. The van der Waals surface area contributed by atoms with Gasteiger partial charge in [-0.2, -0.15) is 0 Å². The van der Waals surface area contributed by atoms with Crippen LogP contribution in [0.4, 0.5) is 0 Å². The number of piperidine rings is 1. The maximum absolute atomic E-state index is 13.4. The molecule has 216 valence electrons. The van der Waals surface area contributed by atoms with Gasteiger partial charge in [0, 0.05) is 45.8 Å². The van der Waals surface area contributed by atoms with Gasteiger partial charge >= 0.3 is 0 Å². The first kappa shape index (κ1) is 28.4. The third-order valence-corrected chi connectivity index (χ3v) is 8.08. The molecule has 2 fully saturated rings. The van der Waals surface area contributed by atoms with Gasteiger partial charge in [-0.3, -0.25) is 14.5 Å². The molecular formula is C31H41N3O6. The number of methoxy groups -OCH3 is 2. The van der Waals surface area contributed by atoms with Crippen molar-refractivity contribution in [3.63, 3.8) is 0 Å². The van der Waals surface area contributed by atoms with Crippen LogP contribution >= 0.6 is 0 Å². The summed E-state index contributed by atoms with van der Waals surface area (Å²) in [6, 6.07) is 13.4. The number of nitrogens with zero attached hydrogens (tertiary/aromatic N) is 2. The molecule has 1 saturated heterocycles. The molecule has 4 bridgehead atoms. The van der Waals surface area contributed by atoms with E-state index in [4.69, 9.17) is 18.9 Å². The van der Waals surface area contributed by atoms with Gasteiger partial charge in [0.15, 0.2) is 11.5 Å². The van der Waals surface area contributed by atoms with Gasteiger partial charge in [-0.05, 0) is 61.1 Å². The summed E-state index contributed by atoms with van der Waals surface area (Å²) in [5.41, 5.74) is 1.99. The third-order valence-electron chi connectivity index (χ3n) is 8.08. The number of carbonyl (C=O) groups is 2. The molecule has 0 radical (unpaired) electrons. The summed E-state index contributed by atoms with van der Waals surface area (Å²) in [5.74, 6) is 2.23. The fourth-order valence-corrected chi connectivity index (χ4v) is 5.67. The number of fused-ring (bicyclic) bond motifs is 5. The Morgan fingerprint density at radius 2 is 1.95 bits per heavy atom. The number of hydrogen-bond acceptors (Lipinski definition) is 7. The molecule has 5 rings (SSSR count). The topological polar surface area (TPSA) is 89.6 Å². The van der Waals surface area contributed by atoms with Crippen molar-refractivity contribution in [1.82, 2.24) is 15.1 Å². The van der Waals surface area contributed by atoms with E-state index >= 15 is 0 Å². The lowest BCUT2D eigenvalue weighted by Gasteiger charge is -2.41. The number of hydrogen-bond donors (Lipinski definition) is 1. The van der Waals surface area contributed by atoms with Crippen LogP contribution < -0.4 is 14.8 Å². The molecule has 2 aromatic carbocycles. The van der Waals surface area contributed by atoms with E-state index in [1.54, 1.807) is 14.2 Å². The minimum atomic E-state index is -0.272. The Kier molecular flexibility index (Phi) is 9.57. The standard InChI is InChI=1S/C31H41N3O6/c1-37-15-5-13-33-18-22-10-11-28(38-2)29(17-22)40-25-9-3-6-23(16-25)21-39-27-12-14-34(31(36)24-7-4-8-24)19-26(27)32-30(35)20-33/h3,6,9-11,16-17,24,26-27H,4-5,7-8,12-15,18-21H2,1-2H3,(H,32,35)/t26-,27+/m0/s1. The second-order valence-corrected chi connectivity index (χ2v) is 11.0. The highest BCUT2D eigenvalue weighted by molar-refractivity contribution is 5.80. The predicted molar refractivity (Wildman–Crippen MR) is 150 cm³/mol. The van der Waals surface area contributed by atoms with Gasteiger partial charge in [0.05, 0.1) is 32.4 Å². The maximum atomic E-state index is 13.4. The van der Waals surface area contributed by atoms with Crippen LogP contribution in [0.2, 0.25) is 0 Å². The SMILES string of the molecule is COCCCN1CC(=O)N[C@H]2CN(C(=O)C3CCC3)CC[C@H]2OCc2cccc(c2)Oc2cc(ccc2OC)C1. The Balaban J connectivity index is 1.40. The van der Waals surface area contributed by atoms with Crippen molar-refractivity contribution < 1.29 is 28.5 Å². The highest BCUT2D eigenvalue weighted by Gasteiger charge is 2.37. The van der Waals surface area contributed by atoms with Gasteiger partial charge < -0.3 is 29.2 Å². The van der Waals surface area contributed by atoms with E-state index in [9.17, 15) is 9.59 Å². The quantitative estimate of drug-likeness (QED) is 0.547. The molecule has 3 aliphatic rings. The van der Waals surface area contributed by atoms with E-state index in [-0.39, 0.29) is 36.4 Å². The summed E-state index contributed by atoms with van der Waals surface area (Å²) >= 11 is 0. The fourth-order valence-electron chi connectivity index (χ4n) is 5.67. The molecule has 2 aromatic rings. The number of amides is 2. The van der Waals surface area contributed by atoms with Crippen molar-refractivity contribution in [2.45, 2.75) is 57.4 Å². The Bertz CT molecular complexity index is 1170. The van der Waals surface area contributed by atoms with Crippen molar-refractivity contribution >= 4 is 11.8 Å². The molecule has 0 spiro atoms. The number of ether oxygens (including phenoxy) is 4. The monoisotopic (exact) mass is 551 g/mol. The number of carbonyl (C=O) groups excluding carboxylic acids is 2. The molecule has 0 aromatic heterocycles. The minimum absolute atomic E-state index is 0.0759. The lowest BCUT2D eigenvalue weighted by atomic mass is 9.83. The van der Waals surface area contributed by atoms with Crippen molar-refractivity contribution in [3.05, 3.63) is 53.6 Å². The van der Waals surface area contributed by atoms with Gasteiger partial charge in [-0.1, -0.05) is 24.6 Å². The summed E-state index contributed by atoms with van der Waals surface area (Å²) in [7, 11) is 3.31. The average molecular weight is 552 g/mol. The van der Waals surface area contributed by atoms with Gasteiger partial charge in [-0.15, -0.1) is 0 Å². The van der Waals surface area contributed by atoms with E-state index in [0.717, 1.165) is 36.8 Å². The van der Waals surface area contributed by atoms with E-state index < -0.39 is 0 Å². The summed E-state index contributed by atoms with van der Waals surface area (Å²) in [5, 5.41) is 3.24. The molecule has 2 aliphatic heterocycles. The lowest BCUT2D eigenvalue weighted by Crippen LogP contribution is -2.59. The normalized spacial score (nSPS) is 22.4. The number of likely N-dealkylation sites (tertiary alicyclic amines) is 1. The van der Waals surface area contributed by atoms with Crippen molar-refractivity contribution in [1.29, 1.82) is 0 Å². The number of nitrogens with one attached hydrogen (secondary N) is 1. The van der Waals surface area contributed by atoms with Gasteiger partial charge in [0.25, 0.3) is 0 Å². The van der Waals surface area contributed by atoms with E-state index in [0.29, 0.717) is 63.1 Å². The van der Waals surface area contributed by atoms with E-state index in [1.165, 1.54) is 0 Å². The van der Waals surface area contributed by atoms with Crippen molar-refractivity contribution in [3.8, 4) is 17.2 Å². The van der Waals surface area contributed by atoms with Crippen LogP contribution in [-0.4, -0.2) is 80.8 Å². The molecular weight excluding hydrogens is 510 g/mol. The second-order valence-electron chi connectivity index (χ2n) is 11.0. The second kappa shape index (κ2) is 13.5. The zero-order valence-corrected chi connectivity index (χ0v) is 23.6. The average Bonchev–Trinajstić information content (AvgIpc) is 2.91. The highest BCUT2D eigenvalue weighted by atomic mass is 16.5. The first-order valence-corrected chi connectivity index (χ1v) is 14.4. The molecule has 2 heterocycles. The van der Waals surface area contributed by atoms with Gasteiger partial charge in [-0.25, -0.2) is 0 Å². The van der Waals surface area contributed by atoms with Crippen LogP contribution in [0.3, 0.4) is 0 Å².